The van der Waals surface area contributed by atoms with Crippen molar-refractivity contribution in [2.45, 2.75) is 40.0 Å². The zero-order chi connectivity index (χ0) is 18.7. The monoisotopic (exact) mass is 344 g/mol. The lowest BCUT2D eigenvalue weighted by molar-refractivity contribution is -0.142. The molecule has 2 nitrogen and oxygen atoms in total. The highest BCUT2D eigenvalue weighted by Crippen LogP contribution is 2.54. The van der Waals surface area contributed by atoms with E-state index in [1.165, 1.54) is 16.7 Å². The molecule has 0 aliphatic heterocycles. The van der Waals surface area contributed by atoms with Gasteiger partial charge in [-0.15, -0.1) is 0 Å². The number of fused-ring (bicyclic) bond motifs is 4. The van der Waals surface area contributed by atoms with Gasteiger partial charge in [0.05, 0.1) is 5.41 Å². The average molecular weight is 344 g/mol. The zero-order valence-electron chi connectivity index (χ0n) is 16.0. The molecule has 132 valence electrons. The number of ether oxygens (including phenoxy) is 1. The summed E-state index contributed by atoms with van der Waals surface area (Å²) in [5.41, 5.74) is 4.00. The van der Waals surface area contributed by atoms with E-state index >= 15 is 0 Å². The van der Waals surface area contributed by atoms with Crippen LogP contribution in [0.2, 0.25) is 0 Å². The van der Waals surface area contributed by atoms with Crippen molar-refractivity contribution < 1.29 is 9.53 Å². The number of hydrogen-bond acceptors (Lipinski definition) is 2. The molecule has 0 saturated heterocycles. The van der Waals surface area contributed by atoms with Gasteiger partial charge in [0, 0.05) is 16.4 Å². The van der Waals surface area contributed by atoms with E-state index < -0.39 is 5.41 Å². The van der Waals surface area contributed by atoms with Gasteiger partial charge in [0.1, 0.15) is 5.75 Å². The lowest BCUT2D eigenvalue weighted by Crippen LogP contribution is -2.27. The normalized spacial score (nSPS) is 14.8. The summed E-state index contributed by atoms with van der Waals surface area (Å²) in [5.74, 6) is 0.502. The quantitative estimate of drug-likeness (QED) is 0.394. The van der Waals surface area contributed by atoms with Crippen LogP contribution in [0.1, 0.15) is 45.7 Å². The minimum absolute atomic E-state index is 0.206. The van der Waals surface area contributed by atoms with Crippen molar-refractivity contribution in [1.29, 1.82) is 0 Å². The summed E-state index contributed by atoms with van der Waals surface area (Å²) in [5, 5.41) is 2.08. The largest absolute Gasteiger partial charge is 0.425 e. The van der Waals surface area contributed by atoms with E-state index in [4.69, 9.17) is 4.74 Å². The number of esters is 1. The molecule has 0 fully saturated rings. The molecule has 0 spiro atoms. The Bertz CT molecular complexity index is 1040. The third-order valence-corrected chi connectivity index (χ3v) is 5.32. The first-order valence-electron chi connectivity index (χ1n) is 9.09. The van der Waals surface area contributed by atoms with Gasteiger partial charge in [-0.2, -0.15) is 0 Å². The summed E-state index contributed by atoms with van der Waals surface area (Å²) in [4.78, 5) is 12.7. The van der Waals surface area contributed by atoms with Gasteiger partial charge in [-0.1, -0.05) is 62.4 Å². The Morgan fingerprint density at radius 2 is 1.58 bits per heavy atom. The Kier molecular flexibility index (Phi) is 3.52. The van der Waals surface area contributed by atoms with Crippen molar-refractivity contribution in [3.05, 3.63) is 65.7 Å². The molecule has 0 heterocycles. The van der Waals surface area contributed by atoms with Crippen LogP contribution < -0.4 is 4.74 Å². The van der Waals surface area contributed by atoms with E-state index in [0.29, 0.717) is 5.75 Å². The minimum atomic E-state index is -0.556. The number of benzene rings is 3. The SMILES string of the molecule is CC(C)(C)C(=O)Oc1c2c(cc3ccccc13)-c1ccccc1C2(C)C. The van der Waals surface area contributed by atoms with E-state index in [-0.39, 0.29) is 11.4 Å². The molecule has 26 heavy (non-hydrogen) atoms. The highest BCUT2D eigenvalue weighted by Gasteiger charge is 2.40. The lowest BCUT2D eigenvalue weighted by Gasteiger charge is -2.26. The highest BCUT2D eigenvalue weighted by molar-refractivity contribution is 6.00. The Hall–Kier alpha value is -2.61. The van der Waals surface area contributed by atoms with E-state index in [0.717, 1.165) is 16.3 Å². The number of carbonyl (C=O) groups excluding carboxylic acids is 1. The number of carbonyl (C=O) groups is 1. The van der Waals surface area contributed by atoms with Crippen molar-refractivity contribution in [2.75, 3.05) is 0 Å². The Balaban J connectivity index is 2.06. The molecular formula is C24H24O2. The summed E-state index contributed by atoms with van der Waals surface area (Å²) in [7, 11) is 0. The highest BCUT2D eigenvalue weighted by atomic mass is 16.5. The van der Waals surface area contributed by atoms with Crippen LogP contribution in [-0.2, 0) is 10.2 Å². The first-order chi connectivity index (χ1) is 12.2. The third kappa shape index (κ3) is 2.36. The van der Waals surface area contributed by atoms with Gasteiger partial charge in [0.25, 0.3) is 0 Å². The van der Waals surface area contributed by atoms with Crippen molar-refractivity contribution in [3.8, 4) is 16.9 Å². The summed E-state index contributed by atoms with van der Waals surface area (Å²) in [6.45, 7) is 10.1. The summed E-state index contributed by atoms with van der Waals surface area (Å²) >= 11 is 0. The Labute approximate surface area is 154 Å². The Morgan fingerprint density at radius 1 is 0.923 bits per heavy atom. The van der Waals surface area contributed by atoms with E-state index in [2.05, 4.69) is 50.2 Å². The van der Waals surface area contributed by atoms with E-state index in [1.54, 1.807) is 0 Å². The predicted molar refractivity (Wildman–Crippen MR) is 107 cm³/mol. The fraction of sp³-hybridized carbons (Fsp3) is 0.292. The van der Waals surface area contributed by atoms with Crippen LogP contribution in [0.3, 0.4) is 0 Å². The summed E-state index contributed by atoms with van der Waals surface area (Å²) in [6.07, 6.45) is 0. The van der Waals surface area contributed by atoms with Crippen LogP contribution in [0.5, 0.6) is 5.75 Å². The smallest absolute Gasteiger partial charge is 0.316 e. The molecule has 0 unspecified atom stereocenters. The molecule has 0 amide bonds. The third-order valence-electron chi connectivity index (χ3n) is 5.32. The second kappa shape index (κ2) is 5.44. The summed E-state index contributed by atoms with van der Waals surface area (Å²) in [6, 6.07) is 18.9. The van der Waals surface area contributed by atoms with Gasteiger partial charge in [-0.05, 0) is 48.9 Å². The molecule has 1 aliphatic rings. The molecule has 0 radical (unpaired) electrons. The van der Waals surface area contributed by atoms with Crippen LogP contribution in [0.4, 0.5) is 0 Å². The molecule has 4 rings (SSSR count). The van der Waals surface area contributed by atoms with Crippen LogP contribution in [0, 0.1) is 5.41 Å². The number of hydrogen-bond donors (Lipinski definition) is 0. The fourth-order valence-electron chi connectivity index (χ4n) is 3.90. The molecule has 0 saturated carbocycles. The van der Waals surface area contributed by atoms with Gasteiger partial charge >= 0.3 is 5.97 Å². The molecule has 0 N–H and O–H groups in total. The second-order valence-electron chi connectivity index (χ2n) is 8.66. The molecular weight excluding hydrogens is 320 g/mol. The van der Waals surface area contributed by atoms with Gasteiger partial charge in [0.2, 0.25) is 0 Å². The first kappa shape index (κ1) is 16.8. The van der Waals surface area contributed by atoms with Crippen LogP contribution in [0.15, 0.2) is 54.6 Å². The fourth-order valence-corrected chi connectivity index (χ4v) is 3.90. The first-order valence-corrected chi connectivity index (χ1v) is 9.09. The van der Waals surface area contributed by atoms with Gasteiger partial charge in [-0.3, -0.25) is 4.79 Å². The number of rotatable bonds is 1. The molecule has 2 heteroatoms. The summed E-state index contributed by atoms with van der Waals surface area (Å²) < 4.78 is 6.06. The van der Waals surface area contributed by atoms with Crippen LogP contribution >= 0.6 is 0 Å². The van der Waals surface area contributed by atoms with E-state index in [1.807, 2.05) is 39.0 Å². The molecule has 0 aromatic heterocycles. The van der Waals surface area contributed by atoms with Gasteiger partial charge in [0.15, 0.2) is 0 Å². The maximum Gasteiger partial charge on any atom is 0.316 e. The molecule has 0 bridgehead atoms. The average Bonchev–Trinajstić information content (AvgIpc) is 2.82. The maximum absolute atomic E-state index is 12.7. The maximum atomic E-state index is 12.7. The molecule has 0 atom stereocenters. The van der Waals surface area contributed by atoms with Crippen molar-refractivity contribution in [2.24, 2.45) is 5.41 Å². The standard InChI is InChI=1S/C24H24O2/c1-23(2,3)22(25)26-21-16-11-7-6-10-15(16)14-18-17-12-8-9-13-19(17)24(4,5)20(18)21/h6-14H,1-5H3. The topological polar surface area (TPSA) is 26.3 Å². The van der Waals surface area contributed by atoms with Crippen molar-refractivity contribution in [3.63, 3.8) is 0 Å². The minimum Gasteiger partial charge on any atom is -0.425 e. The molecule has 3 aromatic carbocycles. The van der Waals surface area contributed by atoms with Crippen molar-refractivity contribution >= 4 is 16.7 Å². The second-order valence-corrected chi connectivity index (χ2v) is 8.66. The van der Waals surface area contributed by atoms with E-state index in [9.17, 15) is 4.79 Å². The molecule has 1 aliphatic carbocycles. The zero-order valence-corrected chi connectivity index (χ0v) is 16.0. The van der Waals surface area contributed by atoms with Gasteiger partial charge in [-0.25, -0.2) is 0 Å². The van der Waals surface area contributed by atoms with Crippen LogP contribution in [0.25, 0.3) is 21.9 Å². The van der Waals surface area contributed by atoms with Gasteiger partial charge < -0.3 is 4.74 Å². The molecule has 3 aromatic rings. The predicted octanol–water partition coefficient (Wildman–Crippen LogP) is 6.10. The Morgan fingerprint density at radius 3 is 2.31 bits per heavy atom. The lowest BCUT2D eigenvalue weighted by atomic mass is 9.81. The van der Waals surface area contributed by atoms with Crippen LogP contribution in [-0.4, -0.2) is 5.97 Å². The van der Waals surface area contributed by atoms with Crippen molar-refractivity contribution in [1.82, 2.24) is 0 Å².